The molecule has 3 heterocycles. The molecule has 4 aromatic rings. The Morgan fingerprint density at radius 1 is 1.06 bits per heavy atom. The SMILES string of the molecule is C[C@H](c1nc(-c2cccc(C(F)(F)F)c2)no1)N1CCN(C(=O)c2ccc(-n3cncn3)cc2)CC1. The van der Waals surface area contributed by atoms with Crippen LogP contribution in [0, 0.1) is 0 Å². The van der Waals surface area contributed by atoms with Crippen molar-refractivity contribution in [3.63, 3.8) is 0 Å². The van der Waals surface area contributed by atoms with E-state index in [0.717, 1.165) is 17.8 Å². The molecule has 1 atom stereocenters. The lowest BCUT2D eigenvalue weighted by molar-refractivity contribution is -0.137. The average Bonchev–Trinajstić information content (AvgIpc) is 3.61. The van der Waals surface area contributed by atoms with E-state index in [1.54, 1.807) is 28.0 Å². The van der Waals surface area contributed by atoms with Gasteiger partial charge in [-0.05, 0) is 43.3 Å². The second kappa shape index (κ2) is 9.53. The van der Waals surface area contributed by atoms with Gasteiger partial charge in [-0.25, -0.2) is 9.67 Å². The Bertz CT molecular complexity index is 1330. The predicted molar refractivity (Wildman–Crippen MR) is 122 cm³/mol. The lowest BCUT2D eigenvalue weighted by Crippen LogP contribution is -2.49. The van der Waals surface area contributed by atoms with Crippen LogP contribution in [0.3, 0.4) is 0 Å². The summed E-state index contributed by atoms with van der Waals surface area (Å²) < 4.78 is 46.1. The molecule has 2 aromatic heterocycles. The number of alkyl halides is 3. The van der Waals surface area contributed by atoms with E-state index in [1.165, 1.54) is 18.5 Å². The summed E-state index contributed by atoms with van der Waals surface area (Å²) >= 11 is 0. The third-order valence-electron chi connectivity index (χ3n) is 6.19. The van der Waals surface area contributed by atoms with Crippen LogP contribution in [0.25, 0.3) is 17.1 Å². The molecule has 0 spiro atoms. The summed E-state index contributed by atoms with van der Waals surface area (Å²) in [6.07, 6.45) is -1.42. The number of benzene rings is 2. The largest absolute Gasteiger partial charge is 0.416 e. The van der Waals surface area contributed by atoms with E-state index >= 15 is 0 Å². The van der Waals surface area contributed by atoms with Crippen molar-refractivity contribution in [2.75, 3.05) is 26.2 Å². The van der Waals surface area contributed by atoms with Crippen LogP contribution < -0.4 is 0 Å². The van der Waals surface area contributed by atoms with Crippen LogP contribution >= 0.6 is 0 Å². The second-order valence-electron chi connectivity index (χ2n) is 8.43. The van der Waals surface area contributed by atoms with E-state index in [-0.39, 0.29) is 23.3 Å². The zero-order valence-electron chi connectivity index (χ0n) is 19.3. The van der Waals surface area contributed by atoms with Crippen LogP contribution in [0.1, 0.15) is 34.8 Å². The standard InChI is InChI=1S/C24H22F3N7O2/c1-16(22-30-21(31-36-22)18-3-2-4-19(13-18)24(25,26)27)32-9-11-33(12-10-32)23(35)17-5-7-20(8-6-17)34-15-28-14-29-34/h2-8,13-16H,9-12H2,1H3/t16-/m1/s1. The highest BCUT2D eigenvalue weighted by molar-refractivity contribution is 5.94. The number of carbonyl (C=O) groups excluding carboxylic acids is 1. The molecule has 0 radical (unpaired) electrons. The molecule has 9 nitrogen and oxygen atoms in total. The highest BCUT2D eigenvalue weighted by Gasteiger charge is 2.31. The molecular weight excluding hydrogens is 475 g/mol. The third-order valence-corrected chi connectivity index (χ3v) is 6.19. The van der Waals surface area contributed by atoms with E-state index in [9.17, 15) is 18.0 Å². The first kappa shape index (κ1) is 23.7. The zero-order valence-corrected chi connectivity index (χ0v) is 19.3. The van der Waals surface area contributed by atoms with Crippen molar-refractivity contribution in [2.45, 2.75) is 19.1 Å². The first-order valence-corrected chi connectivity index (χ1v) is 11.3. The lowest BCUT2D eigenvalue weighted by Gasteiger charge is -2.36. The first-order valence-electron chi connectivity index (χ1n) is 11.3. The molecule has 1 fully saturated rings. The maximum Gasteiger partial charge on any atom is 0.416 e. The number of rotatable bonds is 5. The Balaban J connectivity index is 1.20. The fourth-order valence-corrected chi connectivity index (χ4v) is 4.11. The van der Waals surface area contributed by atoms with Gasteiger partial charge in [0.15, 0.2) is 0 Å². The molecule has 1 aliphatic rings. The highest BCUT2D eigenvalue weighted by Crippen LogP contribution is 2.32. The number of halogens is 3. The quantitative estimate of drug-likeness (QED) is 0.413. The monoisotopic (exact) mass is 497 g/mol. The van der Waals surface area contributed by atoms with Crippen LogP contribution in [-0.2, 0) is 6.18 Å². The van der Waals surface area contributed by atoms with Crippen LogP contribution in [0.4, 0.5) is 13.2 Å². The minimum absolute atomic E-state index is 0.0583. The topological polar surface area (TPSA) is 93.2 Å². The maximum absolute atomic E-state index is 13.0. The number of piperazine rings is 1. The molecule has 1 amide bonds. The van der Waals surface area contributed by atoms with Gasteiger partial charge in [-0.1, -0.05) is 17.3 Å². The van der Waals surface area contributed by atoms with E-state index in [1.807, 2.05) is 19.1 Å². The summed E-state index contributed by atoms with van der Waals surface area (Å²) in [5, 5.41) is 7.95. The van der Waals surface area contributed by atoms with Gasteiger partial charge in [0.1, 0.15) is 12.7 Å². The summed E-state index contributed by atoms with van der Waals surface area (Å²) in [5.41, 5.74) is 0.861. The Kier molecular flexibility index (Phi) is 6.27. The van der Waals surface area contributed by atoms with Gasteiger partial charge in [0.25, 0.3) is 5.91 Å². The van der Waals surface area contributed by atoms with Crippen molar-refractivity contribution in [1.82, 2.24) is 34.7 Å². The lowest BCUT2D eigenvalue weighted by atomic mass is 10.1. The molecule has 0 N–H and O–H groups in total. The number of nitrogens with zero attached hydrogens (tertiary/aromatic N) is 7. The van der Waals surface area contributed by atoms with Gasteiger partial charge in [0.05, 0.1) is 17.3 Å². The van der Waals surface area contributed by atoms with Crippen molar-refractivity contribution < 1.29 is 22.5 Å². The summed E-state index contributed by atoms with van der Waals surface area (Å²) in [5.74, 6) is 0.356. The van der Waals surface area contributed by atoms with Gasteiger partial charge >= 0.3 is 6.18 Å². The minimum atomic E-state index is -4.45. The average molecular weight is 497 g/mol. The summed E-state index contributed by atoms with van der Waals surface area (Å²) in [4.78, 5) is 25.1. The van der Waals surface area contributed by atoms with Crippen LogP contribution in [0.15, 0.2) is 65.7 Å². The molecular formula is C24H22F3N7O2. The Hall–Kier alpha value is -4.06. The Morgan fingerprint density at radius 2 is 1.81 bits per heavy atom. The summed E-state index contributed by atoms with van der Waals surface area (Å²) in [6.45, 7) is 4.10. The van der Waals surface area contributed by atoms with Crippen LogP contribution in [-0.4, -0.2) is 66.8 Å². The van der Waals surface area contributed by atoms with E-state index in [2.05, 4.69) is 25.1 Å². The minimum Gasteiger partial charge on any atom is -0.337 e. The molecule has 0 aliphatic carbocycles. The van der Waals surface area contributed by atoms with Gasteiger partial charge in [0, 0.05) is 37.3 Å². The third kappa shape index (κ3) is 4.85. The number of hydrogen-bond donors (Lipinski definition) is 0. The smallest absolute Gasteiger partial charge is 0.337 e. The van der Waals surface area contributed by atoms with Gasteiger partial charge in [-0.15, -0.1) is 0 Å². The fraction of sp³-hybridized carbons (Fsp3) is 0.292. The van der Waals surface area contributed by atoms with Crippen molar-refractivity contribution in [3.8, 4) is 17.1 Å². The Morgan fingerprint density at radius 3 is 2.47 bits per heavy atom. The number of carbonyl (C=O) groups is 1. The van der Waals surface area contributed by atoms with Crippen molar-refractivity contribution >= 4 is 5.91 Å². The molecule has 12 heteroatoms. The summed E-state index contributed by atoms with van der Waals surface area (Å²) in [6, 6.07) is 11.7. The highest BCUT2D eigenvalue weighted by atomic mass is 19.4. The van der Waals surface area contributed by atoms with Gasteiger partial charge in [0.2, 0.25) is 11.7 Å². The van der Waals surface area contributed by atoms with Crippen molar-refractivity contribution in [1.29, 1.82) is 0 Å². The molecule has 0 saturated carbocycles. The van der Waals surface area contributed by atoms with Gasteiger partial charge < -0.3 is 9.42 Å². The fourth-order valence-electron chi connectivity index (χ4n) is 4.11. The molecule has 1 saturated heterocycles. The maximum atomic E-state index is 13.0. The molecule has 5 rings (SSSR count). The summed E-state index contributed by atoms with van der Waals surface area (Å²) in [7, 11) is 0. The normalized spacial score (nSPS) is 15.7. The second-order valence-corrected chi connectivity index (χ2v) is 8.43. The van der Waals surface area contributed by atoms with Crippen molar-refractivity contribution in [3.05, 3.63) is 78.2 Å². The zero-order chi connectivity index (χ0) is 25.3. The molecule has 1 aliphatic heterocycles. The molecule has 36 heavy (non-hydrogen) atoms. The van der Waals surface area contributed by atoms with E-state index in [4.69, 9.17) is 4.52 Å². The number of aromatic nitrogens is 5. The van der Waals surface area contributed by atoms with Crippen LogP contribution in [0.5, 0.6) is 0 Å². The van der Waals surface area contributed by atoms with Crippen molar-refractivity contribution in [2.24, 2.45) is 0 Å². The van der Waals surface area contributed by atoms with Crippen LogP contribution in [0.2, 0.25) is 0 Å². The number of amides is 1. The Labute approximate surface area is 204 Å². The van der Waals surface area contributed by atoms with E-state index < -0.39 is 11.7 Å². The first-order chi connectivity index (χ1) is 17.3. The predicted octanol–water partition coefficient (Wildman–Crippen LogP) is 3.86. The number of hydrogen-bond acceptors (Lipinski definition) is 7. The van der Waals surface area contributed by atoms with Gasteiger partial charge in [-0.3, -0.25) is 9.69 Å². The molecule has 0 unspecified atom stereocenters. The molecule has 2 aromatic carbocycles. The van der Waals surface area contributed by atoms with E-state index in [0.29, 0.717) is 37.6 Å². The van der Waals surface area contributed by atoms with Gasteiger partial charge in [-0.2, -0.15) is 23.3 Å². The molecule has 0 bridgehead atoms. The molecule has 186 valence electrons.